The lowest BCUT2D eigenvalue weighted by molar-refractivity contribution is 0.319. The van der Waals surface area contributed by atoms with Gasteiger partial charge in [-0.25, -0.2) is 8.42 Å². The molecule has 0 aliphatic heterocycles. The molecule has 0 radical (unpaired) electrons. The Labute approximate surface area is 119 Å². The maximum absolute atomic E-state index is 11.0. The third kappa shape index (κ3) is 4.51. The van der Waals surface area contributed by atoms with Crippen LogP contribution < -0.4 is 10.1 Å². The number of rotatable bonds is 7. The van der Waals surface area contributed by atoms with E-state index in [0.717, 1.165) is 16.5 Å². The van der Waals surface area contributed by atoms with Crippen molar-refractivity contribution in [2.45, 2.75) is 0 Å². The Hall–Kier alpha value is -1.59. The summed E-state index contributed by atoms with van der Waals surface area (Å²) in [6.07, 6.45) is 1.24. The van der Waals surface area contributed by atoms with E-state index in [1.807, 2.05) is 42.5 Å². The van der Waals surface area contributed by atoms with E-state index < -0.39 is 9.84 Å². The summed E-state index contributed by atoms with van der Waals surface area (Å²) in [4.78, 5) is 0. The van der Waals surface area contributed by atoms with Crippen LogP contribution in [-0.4, -0.2) is 40.1 Å². The van der Waals surface area contributed by atoms with Crippen molar-refractivity contribution >= 4 is 20.6 Å². The van der Waals surface area contributed by atoms with E-state index in [1.165, 1.54) is 6.26 Å². The second-order valence-electron chi connectivity index (χ2n) is 4.71. The molecule has 0 atom stereocenters. The predicted molar refractivity (Wildman–Crippen MR) is 82.0 cm³/mol. The minimum absolute atomic E-state index is 0.154. The highest BCUT2D eigenvalue weighted by Gasteiger charge is 2.02. The predicted octanol–water partition coefficient (Wildman–Crippen LogP) is 1.85. The molecule has 0 aliphatic rings. The molecule has 0 unspecified atom stereocenters. The quantitative estimate of drug-likeness (QED) is 0.792. The molecule has 2 aromatic rings. The van der Waals surface area contributed by atoms with Gasteiger partial charge in [0, 0.05) is 24.7 Å². The molecule has 2 rings (SSSR count). The van der Waals surface area contributed by atoms with E-state index in [4.69, 9.17) is 4.74 Å². The summed E-state index contributed by atoms with van der Waals surface area (Å²) < 4.78 is 27.7. The van der Waals surface area contributed by atoms with Gasteiger partial charge in [0.25, 0.3) is 0 Å². The normalized spacial score (nSPS) is 11.7. The van der Waals surface area contributed by atoms with Gasteiger partial charge < -0.3 is 10.1 Å². The van der Waals surface area contributed by atoms with E-state index in [0.29, 0.717) is 19.7 Å². The van der Waals surface area contributed by atoms with Gasteiger partial charge in [-0.3, -0.25) is 0 Å². The molecule has 20 heavy (non-hydrogen) atoms. The van der Waals surface area contributed by atoms with Gasteiger partial charge in [-0.15, -0.1) is 0 Å². The maximum Gasteiger partial charge on any atom is 0.148 e. The van der Waals surface area contributed by atoms with Crippen molar-refractivity contribution in [2.75, 3.05) is 31.7 Å². The number of hydrogen-bond donors (Lipinski definition) is 1. The molecule has 0 saturated heterocycles. The van der Waals surface area contributed by atoms with Gasteiger partial charge in [0.1, 0.15) is 22.2 Å². The van der Waals surface area contributed by atoms with Crippen molar-refractivity contribution in [2.24, 2.45) is 0 Å². The number of benzene rings is 2. The van der Waals surface area contributed by atoms with Crippen LogP contribution in [-0.2, 0) is 9.84 Å². The lowest BCUT2D eigenvalue weighted by atomic mass is 10.1. The Morgan fingerprint density at radius 2 is 1.80 bits per heavy atom. The van der Waals surface area contributed by atoms with Crippen molar-refractivity contribution in [1.82, 2.24) is 5.32 Å². The summed E-state index contributed by atoms with van der Waals surface area (Å²) in [6, 6.07) is 14.0. The molecular weight excluding hydrogens is 274 g/mol. The Balaban J connectivity index is 1.82. The average Bonchev–Trinajstić information content (AvgIpc) is 2.41. The number of fused-ring (bicyclic) bond motifs is 1. The van der Waals surface area contributed by atoms with Crippen molar-refractivity contribution in [1.29, 1.82) is 0 Å². The smallest absolute Gasteiger partial charge is 0.148 e. The van der Waals surface area contributed by atoms with Crippen molar-refractivity contribution in [3.05, 3.63) is 42.5 Å². The summed E-state index contributed by atoms with van der Waals surface area (Å²) in [5, 5.41) is 5.29. The zero-order valence-electron chi connectivity index (χ0n) is 11.5. The van der Waals surface area contributed by atoms with Gasteiger partial charge in [0.05, 0.1) is 5.75 Å². The first kappa shape index (κ1) is 14.8. The molecule has 0 fully saturated rings. The van der Waals surface area contributed by atoms with Gasteiger partial charge in [-0.1, -0.05) is 36.4 Å². The molecule has 0 amide bonds. The molecular formula is C15H19NO3S. The topological polar surface area (TPSA) is 55.4 Å². The van der Waals surface area contributed by atoms with Crippen LogP contribution in [0.4, 0.5) is 0 Å². The Kier molecular flexibility index (Phi) is 4.98. The fourth-order valence-corrected chi connectivity index (χ4v) is 2.45. The number of hydrogen-bond acceptors (Lipinski definition) is 4. The summed E-state index contributed by atoms with van der Waals surface area (Å²) in [6.45, 7) is 1.59. The summed E-state index contributed by atoms with van der Waals surface area (Å²) in [7, 11) is -2.90. The molecule has 0 saturated carbocycles. The average molecular weight is 293 g/mol. The highest BCUT2D eigenvalue weighted by atomic mass is 32.2. The lowest BCUT2D eigenvalue weighted by Crippen LogP contribution is -2.26. The van der Waals surface area contributed by atoms with E-state index in [2.05, 4.69) is 5.32 Å². The second-order valence-corrected chi connectivity index (χ2v) is 6.97. The largest absolute Gasteiger partial charge is 0.492 e. The highest BCUT2D eigenvalue weighted by molar-refractivity contribution is 7.90. The third-order valence-corrected chi connectivity index (χ3v) is 3.88. The minimum Gasteiger partial charge on any atom is -0.492 e. The van der Waals surface area contributed by atoms with Crippen LogP contribution in [0.5, 0.6) is 5.75 Å². The van der Waals surface area contributed by atoms with Crippen LogP contribution in [0.15, 0.2) is 42.5 Å². The number of ether oxygens (including phenoxy) is 1. The van der Waals surface area contributed by atoms with Crippen LogP contribution in [0.1, 0.15) is 0 Å². The monoisotopic (exact) mass is 293 g/mol. The van der Waals surface area contributed by atoms with E-state index in [1.54, 1.807) is 0 Å². The second kappa shape index (κ2) is 6.72. The third-order valence-electron chi connectivity index (χ3n) is 2.94. The first-order valence-corrected chi connectivity index (χ1v) is 8.61. The Morgan fingerprint density at radius 1 is 1.05 bits per heavy atom. The fourth-order valence-electron chi connectivity index (χ4n) is 1.94. The molecule has 0 spiro atoms. The van der Waals surface area contributed by atoms with Gasteiger partial charge >= 0.3 is 0 Å². The molecule has 0 bridgehead atoms. The van der Waals surface area contributed by atoms with E-state index in [-0.39, 0.29) is 5.75 Å². The summed E-state index contributed by atoms with van der Waals surface area (Å²) >= 11 is 0. The van der Waals surface area contributed by atoms with Gasteiger partial charge in [0.2, 0.25) is 0 Å². The first-order valence-electron chi connectivity index (χ1n) is 6.55. The maximum atomic E-state index is 11.0. The standard InChI is InChI=1S/C15H19NO3S/c1-20(17,18)12-10-16-9-11-19-15-8-4-6-13-5-2-3-7-14(13)15/h2-8,16H,9-12H2,1H3. The van der Waals surface area contributed by atoms with Crippen LogP contribution in [0.2, 0.25) is 0 Å². The van der Waals surface area contributed by atoms with Crippen molar-refractivity contribution in [3.8, 4) is 5.75 Å². The zero-order valence-corrected chi connectivity index (χ0v) is 12.3. The molecule has 0 aromatic heterocycles. The molecule has 2 aromatic carbocycles. The van der Waals surface area contributed by atoms with Crippen molar-refractivity contribution < 1.29 is 13.2 Å². The van der Waals surface area contributed by atoms with Gasteiger partial charge in [-0.2, -0.15) is 0 Å². The zero-order chi connectivity index (χ0) is 14.4. The Morgan fingerprint density at radius 3 is 2.60 bits per heavy atom. The fraction of sp³-hybridized carbons (Fsp3) is 0.333. The molecule has 108 valence electrons. The SMILES string of the molecule is CS(=O)(=O)CCNCCOc1cccc2ccccc12. The number of nitrogens with one attached hydrogen (secondary N) is 1. The highest BCUT2D eigenvalue weighted by Crippen LogP contribution is 2.24. The van der Waals surface area contributed by atoms with Gasteiger partial charge in [-0.05, 0) is 11.5 Å². The van der Waals surface area contributed by atoms with E-state index >= 15 is 0 Å². The van der Waals surface area contributed by atoms with Crippen molar-refractivity contribution in [3.63, 3.8) is 0 Å². The molecule has 0 aliphatic carbocycles. The van der Waals surface area contributed by atoms with Crippen LogP contribution in [0.25, 0.3) is 10.8 Å². The van der Waals surface area contributed by atoms with Crippen LogP contribution in [0, 0.1) is 0 Å². The van der Waals surface area contributed by atoms with Crippen LogP contribution in [0.3, 0.4) is 0 Å². The molecule has 5 heteroatoms. The first-order chi connectivity index (χ1) is 9.56. The molecule has 0 heterocycles. The number of sulfone groups is 1. The van der Waals surface area contributed by atoms with Gasteiger partial charge in [0.15, 0.2) is 0 Å². The summed E-state index contributed by atoms with van der Waals surface area (Å²) in [5.41, 5.74) is 0. The molecule has 1 N–H and O–H groups in total. The Bertz CT molecular complexity index is 662. The van der Waals surface area contributed by atoms with E-state index in [9.17, 15) is 8.42 Å². The summed E-state index contributed by atoms with van der Waals surface area (Å²) in [5.74, 6) is 1.01. The molecule has 4 nitrogen and oxygen atoms in total. The van der Waals surface area contributed by atoms with Crippen LogP contribution >= 0.6 is 0 Å². The minimum atomic E-state index is -2.90. The lowest BCUT2D eigenvalue weighted by Gasteiger charge is -2.09.